The number of methoxy groups -OCH3 is 1. The smallest absolute Gasteiger partial charge is 0.165 e. The van der Waals surface area contributed by atoms with Crippen LogP contribution >= 0.6 is 0 Å². The van der Waals surface area contributed by atoms with Gasteiger partial charge in [0.2, 0.25) is 0 Å². The van der Waals surface area contributed by atoms with Crippen LogP contribution in [0.2, 0.25) is 0 Å². The highest BCUT2D eigenvalue weighted by Crippen LogP contribution is 2.28. The third-order valence-corrected chi connectivity index (χ3v) is 4.15. The minimum absolute atomic E-state index is 0.238. The summed E-state index contributed by atoms with van der Waals surface area (Å²) in [4.78, 5) is 2.53. The van der Waals surface area contributed by atoms with E-state index in [9.17, 15) is 4.39 Å². The molecule has 3 rings (SSSR count). The van der Waals surface area contributed by atoms with E-state index in [0.717, 1.165) is 37.8 Å². The topological polar surface area (TPSA) is 33.7 Å². The molecule has 1 saturated carbocycles. The molecule has 21 heavy (non-hydrogen) atoms. The van der Waals surface area contributed by atoms with Gasteiger partial charge in [0.25, 0.3) is 0 Å². The lowest BCUT2D eigenvalue weighted by molar-refractivity contribution is -0.0301. The summed E-state index contributed by atoms with van der Waals surface area (Å²) in [7, 11) is 1.47. The van der Waals surface area contributed by atoms with Crippen LogP contribution in [0.3, 0.4) is 0 Å². The molecule has 1 saturated heterocycles. The Morgan fingerprint density at radius 1 is 1.43 bits per heavy atom. The molecule has 0 bridgehead atoms. The Balaban J connectivity index is 1.44. The average Bonchev–Trinajstić information content (AvgIpc) is 3.32. The van der Waals surface area contributed by atoms with E-state index in [2.05, 4.69) is 10.2 Å². The summed E-state index contributed by atoms with van der Waals surface area (Å²) in [5.74, 6) is -0.0277. The molecule has 5 heteroatoms. The van der Waals surface area contributed by atoms with E-state index in [1.54, 1.807) is 6.07 Å². The van der Waals surface area contributed by atoms with Crippen molar-refractivity contribution >= 4 is 0 Å². The van der Waals surface area contributed by atoms with Crippen molar-refractivity contribution in [2.24, 2.45) is 0 Å². The number of ether oxygens (including phenoxy) is 2. The maximum absolute atomic E-state index is 13.6. The number of nitrogens with one attached hydrogen (secondary N) is 1. The van der Waals surface area contributed by atoms with Gasteiger partial charge in [-0.15, -0.1) is 0 Å². The number of nitrogens with zero attached hydrogens (tertiary/aromatic N) is 1. The van der Waals surface area contributed by atoms with Gasteiger partial charge in [-0.1, -0.05) is 6.07 Å². The largest absolute Gasteiger partial charge is 0.494 e. The van der Waals surface area contributed by atoms with Crippen molar-refractivity contribution in [3.63, 3.8) is 0 Å². The van der Waals surface area contributed by atoms with Crippen molar-refractivity contribution < 1.29 is 13.9 Å². The maximum atomic E-state index is 13.6. The van der Waals surface area contributed by atoms with Gasteiger partial charge >= 0.3 is 0 Å². The second-order valence-electron chi connectivity index (χ2n) is 5.82. The summed E-state index contributed by atoms with van der Waals surface area (Å²) in [6.45, 7) is 4.33. The number of rotatable bonds is 6. The van der Waals surface area contributed by atoms with Gasteiger partial charge in [0.1, 0.15) is 0 Å². The fourth-order valence-electron chi connectivity index (χ4n) is 2.83. The molecule has 2 fully saturated rings. The fraction of sp³-hybridized carbons (Fsp3) is 0.625. The van der Waals surface area contributed by atoms with Gasteiger partial charge in [-0.2, -0.15) is 0 Å². The van der Waals surface area contributed by atoms with Gasteiger partial charge in [0, 0.05) is 32.2 Å². The number of hydrogen-bond donors (Lipinski definition) is 1. The second-order valence-corrected chi connectivity index (χ2v) is 5.82. The number of benzene rings is 1. The molecule has 2 aliphatic rings. The molecule has 1 atom stereocenters. The molecule has 1 N–H and O–H groups in total. The van der Waals surface area contributed by atoms with Crippen LogP contribution in [0.1, 0.15) is 18.4 Å². The Hall–Kier alpha value is -1.17. The molecular weight excluding hydrogens is 271 g/mol. The van der Waals surface area contributed by atoms with E-state index in [1.807, 2.05) is 6.07 Å². The minimum atomic E-state index is -0.314. The summed E-state index contributed by atoms with van der Waals surface area (Å²) < 4.78 is 24.3. The third kappa shape index (κ3) is 3.93. The Morgan fingerprint density at radius 2 is 2.29 bits per heavy atom. The van der Waals surface area contributed by atoms with E-state index in [1.165, 1.54) is 26.0 Å². The summed E-state index contributed by atoms with van der Waals surface area (Å²) in [6, 6.07) is 5.86. The first-order valence-corrected chi connectivity index (χ1v) is 7.65. The minimum Gasteiger partial charge on any atom is -0.494 e. The fourth-order valence-corrected chi connectivity index (χ4v) is 2.83. The van der Waals surface area contributed by atoms with Crippen LogP contribution in [0.15, 0.2) is 18.2 Å². The lowest BCUT2D eigenvalue weighted by atomic mass is 10.2. The molecule has 1 heterocycles. The Kier molecular flexibility index (Phi) is 4.73. The van der Waals surface area contributed by atoms with Gasteiger partial charge in [0.15, 0.2) is 11.6 Å². The highest BCUT2D eigenvalue weighted by atomic mass is 19.1. The van der Waals surface area contributed by atoms with Crippen LogP contribution in [0, 0.1) is 5.82 Å². The van der Waals surface area contributed by atoms with E-state index in [4.69, 9.17) is 9.47 Å². The van der Waals surface area contributed by atoms with Crippen LogP contribution in [-0.2, 0) is 11.3 Å². The molecular formula is C16H23FN2O2. The van der Waals surface area contributed by atoms with E-state index in [0.29, 0.717) is 6.54 Å². The molecule has 0 amide bonds. The molecule has 1 aromatic rings. The zero-order chi connectivity index (χ0) is 14.7. The lowest BCUT2D eigenvalue weighted by Crippen LogP contribution is -2.47. The standard InChI is InChI=1S/C16H23FN2O2/c1-20-16-5-2-12(8-15(16)17)9-18-10-14-11-19(6-7-21-14)13-3-4-13/h2,5,8,13-14,18H,3-4,6-7,9-11H2,1H3/t14-/m1/s1. The predicted octanol–water partition coefficient (Wildman–Crippen LogP) is 1.79. The molecule has 1 aromatic carbocycles. The van der Waals surface area contributed by atoms with Crippen molar-refractivity contribution in [2.45, 2.75) is 31.5 Å². The van der Waals surface area contributed by atoms with Gasteiger partial charge in [-0.05, 0) is 30.5 Å². The average molecular weight is 294 g/mol. The van der Waals surface area contributed by atoms with Crippen LogP contribution in [-0.4, -0.2) is 50.4 Å². The Morgan fingerprint density at radius 3 is 3.00 bits per heavy atom. The second kappa shape index (κ2) is 6.73. The molecule has 4 nitrogen and oxygen atoms in total. The highest BCUT2D eigenvalue weighted by molar-refractivity contribution is 5.29. The molecule has 0 radical (unpaired) electrons. The molecule has 1 aliphatic heterocycles. The van der Waals surface area contributed by atoms with Crippen LogP contribution in [0.25, 0.3) is 0 Å². The monoisotopic (exact) mass is 294 g/mol. The lowest BCUT2D eigenvalue weighted by Gasteiger charge is -2.33. The first-order valence-electron chi connectivity index (χ1n) is 7.65. The first kappa shape index (κ1) is 14.8. The normalized spacial score (nSPS) is 23.2. The van der Waals surface area contributed by atoms with Gasteiger partial charge < -0.3 is 14.8 Å². The summed E-state index contributed by atoms with van der Waals surface area (Å²) in [5, 5.41) is 3.36. The van der Waals surface area contributed by atoms with Gasteiger partial charge in [0.05, 0.1) is 19.8 Å². The Bertz CT molecular complexity index is 479. The first-order chi connectivity index (χ1) is 10.3. The number of halogens is 1. The zero-order valence-corrected chi connectivity index (χ0v) is 12.5. The maximum Gasteiger partial charge on any atom is 0.165 e. The SMILES string of the molecule is COc1ccc(CNC[C@@H]2CN(C3CC3)CCO2)cc1F. The zero-order valence-electron chi connectivity index (χ0n) is 12.5. The Labute approximate surface area is 125 Å². The molecule has 0 unspecified atom stereocenters. The van der Waals surface area contributed by atoms with Gasteiger partial charge in [-0.25, -0.2) is 4.39 Å². The summed E-state index contributed by atoms with van der Waals surface area (Å²) >= 11 is 0. The summed E-state index contributed by atoms with van der Waals surface area (Å²) in [5.41, 5.74) is 0.920. The van der Waals surface area contributed by atoms with Crippen molar-refractivity contribution in [3.8, 4) is 5.75 Å². The molecule has 1 aliphatic carbocycles. The van der Waals surface area contributed by atoms with E-state index in [-0.39, 0.29) is 17.7 Å². The quantitative estimate of drug-likeness (QED) is 0.867. The van der Waals surface area contributed by atoms with Crippen LogP contribution in [0.5, 0.6) is 5.75 Å². The van der Waals surface area contributed by atoms with Crippen molar-refractivity contribution in [2.75, 3.05) is 33.4 Å². The van der Waals surface area contributed by atoms with Crippen LogP contribution < -0.4 is 10.1 Å². The number of morpholine rings is 1. The van der Waals surface area contributed by atoms with Crippen molar-refractivity contribution in [1.29, 1.82) is 0 Å². The third-order valence-electron chi connectivity index (χ3n) is 4.15. The predicted molar refractivity (Wildman–Crippen MR) is 79.0 cm³/mol. The van der Waals surface area contributed by atoms with E-state index < -0.39 is 0 Å². The van der Waals surface area contributed by atoms with E-state index >= 15 is 0 Å². The number of hydrogen-bond acceptors (Lipinski definition) is 4. The van der Waals surface area contributed by atoms with Crippen molar-refractivity contribution in [3.05, 3.63) is 29.6 Å². The van der Waals surface area contributed by atoms with Crippen molar-refractivity contribution in [1.82, 2.24) is 10.2 Å². The molecule has 0 aromatic heterocycles. The summed E-state index contributed by atoms with van der Waals surface area (Å²) in [6.07, 6.45) is 2.92. The molecule has 0 spiro atoms. The van der Waals surface area contributed by atoms with Crippen LogP contribution in [0.4, 0.5) is 4.39 Å². The van der Waals surface area contributed by atoms with Gasteiger partial charge in [-0.3, -0.25) is 4.90 Å². The molecule has 116 valence electrons. The highest BCUT2D eigenvalue weighted by Gasteiger charge is 2.32.